The molecule has 0 saturated carbocycles. The molecule has 0 saturated heterocycles. The van der Waals surface area contributed by atoms with Crippen molar-refractivity contribution < 1.29 is 9.47 Å². The largest absolute Gasteiger partial charge is 0.497 e. The molecule has 130 valence electrons. The summed E-state index contributed by atoms with van der Waals surface area (Å²) < 4.78 is 11.2. The first-order valence-corrected chi connectivity index (χ1v) is 9.05. The second-order valence-corrected chi connectivity index (χ2v) is 6.28. The van der Waals surface area contributed by atoms with Gasteiger partial charge in [0.2, 0.25) is 5.90 Å². The fourth-order valence-electron chi connectivity index (χ4n) is 2.18. The van der Waals surface area contributed by atoms with Crippen LogP contribution < -0.4 is 9.47 Å². The number of benzene rings is 3. The van der Waals surface area contributed by atoms with Crippen LogP contribution in [-0.2, 0) is 0 Å². The molecule has 0 atom stereocenters. The van der Waals surface area contributed by atoms with E-state index in [0.717, 1.165) is 22.1 Å². The van der Waals surface area contributed by atoms with Crippen molar-refractivity contribution >= 4 is 23.3 Å². The van der Waals surface area contributed by atoms with Gasteiger partial charge in [-0.1, -0.05) is 54.2 Å². The van der Waals surface area contributed by atoms with E-state index in [2.05, 4.69) is 17.1 Å². The lowest BCUT2D eigenvalue weighted by Crippen LogP contribution is -2.04. The predicted molar refractivity (Wildman–Crippen MR) is 109 cm³/mol. The van der Waals surface area contributed by atoms with Crippen LogP contribution in [-0.4, -0.2) is 13.0 Å². The smallest absolute Gasteiger partial charge is 0.220 e. The maximum Gasteiger partial charge on any atom is 0.220 e. The summed E-state index contributed by atoms with van der Waals surface area (Å²) in [5.74, 6) is 2.00. The number of rotatable bonds is 6. The molecule has 0 unspecified atom stereocenters. The van der Waals surface area contributed by atoms with Gasteiger partial charge in [0.25, 0.3) is 0 Å². The number of hydrogen-bond acceptors (Lipinski definition) is 4. The van der Waals surface area contributed by atoms with Crippen LogP contribution in [0.2, 0.25) is 0 Å². The van der Waals surface area contributed by atoms with E-state index in [1.807, 2.05) is 84.3 Å². The Bertz CT molecular complexity index is 877. The number of ether oxygens (including phenoxy) is 2. The Morgan fingerprint density at radius 2 is 1.54 bits per heavy atom. The minimum absolute atomic E-state index is 0.507. The Labute approximate surface area is 158 Å². The molecule has 0 aliphatic rings. The van der Waals surface area contributed by atoms with Crippen LogP contribution in [0.1, 0.15) is 0 Å². The number of hydrogen-bond donors (Lipinski definition) is 0. The molecule has 0 bridgehead atoms. The summed E-state index contributed by atoms with van der Waals surface area (Å²) in [5.41, 5.74) is 0.768. The highest BCUT2D eigenvalue weighted by molar-refractivity contribution is 8.02. The van der Waals surface area contributed by atoms with Gasteiger partial charge >= 0.3 is 0 Å². The highest BCUT2D eigenvalue weighted by Gasteiger charge is 2.01. The van der Waals surface area contributed by atoms with Crippen LogP contribution in [0.5, 0.6) is 11.5 Å². The maximum atomic E-state index is 5.94. The summed E-state index contributed by atoms with van der Waals surface area (Å²) in [4.78, 5) is 5.76. The van der Waals surface area contributed by atoms with Crippen LogP contribution in [0, 0.1) is 0 Å². The van der Waals surface area contributed by atoms with E-state index in [9.17, 15) is 0 Å². The van der Waals surface area contributed by atoms with Gasteiger partial charge in [0, 0.05) is 17.0 Å². The third-order valence-corrected chi connectivity index (χ3v) is 4.23. The number of nitrogens with zero attached hydrogens (tertiary/aromatic N) is 1. The topological polar surface area (TPSA) is 30.8 Å². The van der Waals surface area contributed by atoms with Crippen molar-refractivity contribution in [3.63, 3.8) is 0 Å². The molecule has 26 heavy (non-hydrogen) atoms. The molecule has 4 heteroatoms. The number of thioether (sulfide) groups is 1. The molecule has 3 aromatic rings. The van der Waals surface area contributed by atoms with Crippen molar-refractivity contribution in [1.29, 1.82) is 0 Å². The first kappa shape index (κ1) is 17.8. The van der Waals surface area contributed by atoms with Crippen molar-refractivity contribution in [2.45, 2.75) is 4.90 Å². The van der Waals surface area contributed by atoms with Crippen LogP contribution >= 0.6 is 11.8 Å². The van der Waals surface area contributed by atoms with E-state index >= 15 is 0 Å². The van der Waals surface area contributed by atoms with E-state index in [4.69, 9.17) is 9.47 Å². The SMILES string of the molecule is COc1cccc(N=C(C=CSc2ccccc2)Oc2ccccc2)c1. The third kappa shape index (κ3) is 5.53. The van der Waals surface area contributed by atoms with Gasteiger partial charge < -0.3 is 9.47 Å². The Balaban J connectivity index is 1.82. The lowest BCUT2D eigenvalue weighted by Gasteiger charge is -2.06. The van der Waals surface area contributed by atoms with Gasteiger partial charge in [0.05, 0.1) is 12.8 Å². The average molecular weight is 361 g/mol. The summed E-state index contributed by atoms with van der Waals surface area (Å²) >= 11 is 1.61. The highest BCUT2D eigenvalue weighted by atomic mass is 32.2. The monoisotopic (exact) mass is 361 g/mol. The van der Waals surface area contributed by atoms with Gasteiger partial charge in [0.1, 0.15) is 11.5 Å². The first-order chi connectivity index (χ1) is 12.8. The molecule has 0 spiro atoms. The van der Waals surface area contributed by atoms with E-state index in [1.165, 1.54) is 0 Å². The molecule has 0 aliphatic heterocycles. The van der Waals surface area contributed by atoms with Gasteiger partial charge in [-0.15, -0.1) is 0 Å². The molecule has 3 nitrogen and oxygen atoms in total. The van der Waals surface area contributed by atoms with E-state index < -0.39 is 0 Å². The number of aliphatic imine (C=N–C) groups is 1. The molecule has 0 heterocycles. The molecule has 0 aromatic heterocycles. The van der Waals surface area contributed by atoms with Gasteiger partial charge in [-0.2, -0.15) is 0 Å². The molecule has 3 aromatic carbocycles. The molecule has 0 radical (unpaired) electrons. The Morgan fingerprint density at radius 1 is 0.846 bits per heavy atom. The predicted octanol–water partition coefficient (Wildman–Crippen LogP) is 6.11. The van der Waals surface area contributed by atoms with Gasteiger partial charge in [-0.3, -0.25) is 0 Å². The summed E-state index contributed by atoms with van der Waals surface area (Å²) in [6, 6.07) is 27.3. The fraction of sp³-hybridized carbons (Fsp3) is 0.0455. The average Bonchev–Trinajstić information content (AvgIpc) is 2.70. The second-order valence-electron chi connectivity index (χ2n) is 5.30. The lowest BCUT2D eigenvalue weighted by atomic mass is 10.3. The molecule has 0 aliphatic carbocycles. The molecule has 3 rings (SSSR count). The third-order valence-electron chi connectivity index (χ3n) is 3.42. The number of para-hydroxylation sites is 1. The zero-order chi connectivity index (χ0) is 18.0. The normalized spacial score (nSPS) is 11.5. The minimum Gasteiger partial charge on any atom is -0.497 e. The molecule has 0 fully saturated rings. The maximum absolute atomic E-state index is 5.94. The summed E-state index contributed by atoms with van der Waals surface area (Å²) in [6.45, 7) is 0. The quantitative estimate of drug-likeness (QED) is 0.301. The van der Waals surface area contributed by atoms with Crippen molar-refractivity contribution in [2.24, 2.45) is 4.99 Å². The molecular weight excluding hydrogens is 342 g/mol. The number of methoxy groups -OCH3 is 1. The van der Waals surface area contributed by atoms with Crippen LogP contribution in [0.4, 0.5) is 5.69 Å². The fourth-order valence-corrected chi connectivity index (χ4v) is 2.84. The van der Waals surface area contributed by atoms with Crippen molar-refractivity contribution in [3.05, 3.63) is 96.4 Å². The summed E-state index contributed by atoms with van der Waals surface area (Å²) in [6.07, 6.45) is 1.87. The first-order valence-electron chi connectivity index (χ1n) is 8.17. The Morgan fingerprint density at radius 3 is 2.27 bits per heavy atom. The van der Waals surface area contributed by atoms with E-state index in [-0.39, 0.29) is 0 Å². The van der Waals surface area contributed by atoms with Gasteiger partial charge in [-0.25, -0.2) is 4.99 Å². The highest BCUT2D eigenvalue weighted by Crippen LogP contribution is 2.22. The zero-order valence-corrected chi connectivity index (χ0v) is 15.2. The molecule has 0 amide bonds. The standard InChI is InChI=1S/C22H19NO2S/c1-24-20-12-8-9-18(17-20)23-22(25-19-10-4-2-5-11-19)15-16-26-21-13-6-3-7-14-21/h2-17H,1H3. The second kappa shape index (κ2) is 9.49. The van der Waals surface area contributed by atoms with Crippen LogP contribution in [0.25, 0.3) is 0 Å². The summed E-state index contributed by atoms with van der Waals surface area (Å²) in [7, 11) is 1.64. The molecular formula is C22H19NO2S. The Hall–Kier alpha value is -2.98. The van der Waals surface area contributed by atoms with Crippen molar-refractivity contribution in [3.8, 4) is 11.5 Å². The van der Waals surface area contributed by atoms with Gasteiger partial charge in [-0.05, 0) is 41.8 Å². The summed E-state index contributed by atoms with van der Waals surface area (Å²) in [5, 5.41) is 1.97. The van der Waals surface area contributed by atoms with Crippen molar-refractivity contribution in [1.82, 2.24) is 0 Å². The Kier molecular flexibility index (Phi) is 6.51. The van der Waals surface area contributed by atoms with Crippen LogP contribution in [0.15, 0.2) is 106 Å². The van der Waals surface area contributed by atoms with Crippen molar-refractivity contribution in [2.75, 3.05) is 7.11 Å². The van der Waals surface area contributed by atoms with Crippen LogP contribution in [0.3, 0.4) is 0 Å². The minimum atomic E-state index is 0.507. The van der Waals surface area contributed by atoms with E-state index in [1.54, 1.807) is 18.9 Å². The molecule has 0 N–H and O–H groups in total. The lowest BCUT2D eigenvalue weighted by molar-refractivity contribution is 0.415. The van der Waals surface area contributed by atoms with Gasteiger partial charge in [0.15, 0.2) is 0 Å². The van der Waals surface area contributed by atoms with E-state index in [0.29, 0.717) is 5.90 Å². The zero-order valence-electron chi connectivity index (χ0n) is 14.4.